The van der Waals surface area contributed by atoms with Gasteiger partial charge in [-0.2, -0.15) is 4.31 Å². The summed E-state index contributed by atoms with van der Waals surface area (Å²) >= 11 is 0. The molecule has 2 aliphatic heterocycles. The smallest absolute Gasteiger partial charge is 0.407 e. The van der Waals surface area contributed by atoms with E-state index in [1.165, 1.54) is 35.7 Å². The lowest BCUT2D eigenvalue weighted by atomic mass is 9.89. The van der Waals surface area contributed by atoms with Crippen molar-refractivity contribution in [1.29, 1.82) is 0 Å². The number of alkyl carbamates (subject to hydrolysis) is 1. The Morgan fingerprint density at radius 2 is 1.78 bits per heavy atom. The van der Waals surface area contributed by atoms with Gasteiger partial charge >= 0.3 is 18.1 Å². The van der Waals surface area contributed by atoms with Crippen LogP contribution in [-0.2, 0) is 35.4 Å². The van der Waals surface area contributed by atoms with Crippen LogP contribution in [0.2, 0.25) is 0 Å². The summed E-state index contributed by atoms with van der Waals surface area (Å²) in [6, 6.07) is 13.4. The number of rotatable bonds is 17. The van der Waals surface area contributed by atoms with Crippen molar-refractivity contribution in [1.82, 2.24) is 20.3 Å². The predicted octanol–water partition coefficient (Wildman–Crippen LogP) is 1.95. The number of aliphatic hydroxyl groups is 1. The van der Waals surface area contributed by atoms with Crippen LogP contribution >= 0.6 is 0 Å². The van der Waals surface area contributed by atoms with Gasteiger partial charge in [0.05, 0.1) is 43.3 Å². The molecule has 0 spiro atoms. The summed E-state index contributed by atoms with van der Waals surface area (Å²) in [6.45, 7) is 3.45. The number of carboxylic acids is 1. The number of urea groups is 1. The van der Waals surface area contributed by atoms with E-state index in [2.05, 4.69) is 16.0 Å². The van der Waals surface area contributed by atoms with Crippen molar-refractivity contribution >= 4 is 28.1 Å². The number of aliphatic hydroxyl groups excluding tert-OH is 1. The molecule has 0 aliphatic carbocycles. The molecule has 2 saturated heterocycles. The highest BCUT2D eigenvalue weighted by Crippen LogP contribution is 2.33. The van der Waals surface area contributed by atoms with Gasteiger partial charge in [-0.05, 0) is 54.5 Å². The third-order valence-electron chi connectivity index (χ3n) is 8.49. The maximum Gasteiger partial charge on any atom is 0.407 e. The van der Waals surface area contributed by atoms with E-state index < -0.39 is 64.6 Å². The molecule has 0 aromatic heterocycles. The minimum atomic E-state index is -4.20. The molecule has 0 bridgehead atoms. The van der Waals surface area contributed by atoms with Gasteiger partial charge in [-0.15, -0.1) is 0 Å². The number of methoxy groups -OCH3 is 1. The zero-order valence-corrected chi connectivity index (χ0v) is 28.7. The Balaban J connectivity index is 1.53. The summed E-state index contributed by atoms with van der Waals surface area (Å²) in [6.07, 6.45) is -1.90. The number of amides is 3. The molecular weight excluding hydrogens is 660 g/mol. The van der Waals surface area contributed by atoms with E-state index in [9.17, 15) is 27.9 Å². The van der Waals surface area contributed by atoms with Crippen LogP contribution in [0.5, 0.6) is 5.75 Å². The number of carboxylic acid groups (broad SMARTS) is 1. The first-order chi connectivity index (χ1) is 23.3. The van der Waals surface area contributed by atoms with Gasteiger partial charge in [0.15, 0.2) is 6.29 Å². The van der Waals surface area contributed by atoms with E-state index in [0.717, 1.165) is 5.56 Å². The van der Waals surface area contributed by atoms with Gasteiger partial charge in [0.2, 0.25) is 10.0 Å². The topological polar surface area (TPSA) is 202 Å². The van der Waals surface area contributed by atoms with Gasteiger partial charge in [-0.3, -0.25) is 4.79 Å². The van der Waals surface area contributed by atoms with Crippen molar-refractivity contribution in [2.24, 2.45) is 11.3 Å². The number of carbonyl (C=O) groups is 3. The fraction of sp³-hybridized carbons (Fsp3) is 0.545. The second kappa shape index (κ2) is 17.1. The van der Waals surface area contributed by atoms with Crippen LogP contribution in [0.25, 0.3) is 0 Å². The van der Waals surface area contributed by atoms with E-state index in [4.69, 9.17) is 24.1 Å². The Labute approximate surface area is 286 Å². The van der Waals surface area contributed by atoms with Crippen molar-refractivity contribution in [3.05, 3.63) is 60.2 Å². The molecule has 4 rings (SSSR count). The molecule has 2 aromatic rings. The SMILES string of the molecule is COc1ccc(S(=O)(=O)N(C[C@@H](O)[C@H](Cc2ccccc2)NC(=O)O[C@H]2CO[C@H]3OCC[C@H]32)CC(C)(C)CCNC(=O)NCC(=O)O)cc1. The Morgan fingerprint density at radius 3 is 2.45 bits per heavy atom. The zero-order valence-electron chi connectivity index (χ0n) is 27.9. The molecular formula is C33H46N4O11S. The lowest BCUT2D eigenvalue weighted by Gasteiger charge is -2.35. The molecule has 5 atom stereocenters. The number of ether oxygens (including phenoxy) is 4. The van der Waals surface area contributed by atoms with E-state index in [-0.39, 0.29) is 43.5 Å². The van der Waals surface area contributed by atoms with Crippen LogP contribution in [0.15, 0.2) is 59.5 Å². The highest BCUT2D eigenvalue weighted by atomic mass is 32.2. The average molecular weight is 707 g/mol. The Hall–Kier alpha value is -3.96. The van der Waals surface area contributed by atoms with Crippen LogP contribution in [0.4, 0.5) is 9.59 Å². The number of hydrogen-bond donors (Lipinski definition) is 5. The van der Waals surface area contributed by atoms with Gasteiger partial charge < -0.3 is 45.1 Å². The van der Waals surface area contributed by atoms with Crippen molar-refractivity contribution in [3.63, 3.8) is 0 Å². The number of nitrogens with zero attached hydrogens (tertiary/aromatic N) is 1. The third kappa shape index (κ3) is 11.0. The maximum absolute atomic E-state index is 14.1. The number of carbonyl (C=O) groups excluding carboxylic acids is 2. The minimum absolute atomic E-state index is 0.0241. The zero-order chi connectivity index (χ0) is 35.6. The van der Waals surface area contributed by atoms with Crippen LogP contribution < -0.4 is 20.7 Å². The molecule has 0 radical (unpaired) electrons. The first-order valence-electron chi connectivity index (χ1n) is 16.1. The largest absolute Gasteiger partial charge is 0.497 e. The normalized spacial score (nSPS) is 20.2. The molecule has 0 saturated carbocycles. The van der Waals surface area contributed by atoms with Crippen molar-refractivity contribution < 1.29 is 52.0 Å². The molecule has 5 N–H and O–H groups in total. The maximum atomic E-state index is 14.1. The standard InChI is InChI=1S/C33H46N4O11S/c1-33(2,14-15-34-31(41)35-18-29(39)40)21-37(49(43,44)24-11-9-23(45-3)10-12-24)19-27(38)26(17-22-7-5-4-6-8-22)36-32(42)48-28-20-47-30-25(28)13-16-46-30/h4-12,25-28,30,38H,13-21H2,1-3H3,(H,36,42)(H,39,40)(H2,34,35,41)/t25-,26-,27+,28-,30+/m0/s1. The summed E-state index contributed by atoms with van der Waals surface area (Å²) in [5, 5.41) is 28.0. The molecule has 2 fully saturated rings. The summed E-state index contributed by atoms with van der Waals surface area (Å²) < 4.78 is 51.4. The Kier molecular flexibility index (Phi) is 13.2. The van der Waals surface area contributed by atoms with Crippen LogP contribution in [0.3, 0.4) is 0 Å². The Bertz CT molecular complexity index is 1510. The van der Waals surface area contributed by atoms with Crippen LogP contribution in [0, 0.1) is 11.3 Å². The summed E-state index contributed by atoms with van der Waals surface area (Å²) in [4.78, 5) is 35.9. The van der Waals surface area contributed by atoms with E-state index >= 15 is 0 Å². The number of sulfonamides is 1. The molecule has 2 aromatic carbocycles. The molecule has 0 unspecified atom stereocenters. The minimum Gasteiger partial charge on any atom is -0.497 e. The van der Waals surface area contributed by atoms with E-state index in [1.807, 2.05) is 44.2 Å². The number of benzene rings is 2. The van der Waals surface area contributed by atoms with Gasteiger partial charge in [0, 0.05) is 19.6 Å². The average Bonchev–Trinajstić information content (AvgIpc) is 3.68. The predicted molar refractivity (Wildman–Crippen MR) is 176 cm³/mol. The fourth-order valence-electron chi connectivity index (χ4n) is 5.79. The van der Waals surface area contributed by atoms with Crippen LogP contribution in [0.1, 0.15) is 32.3 Å². The second-order valence-corrected chi connectivity index (χ2v) is 14.8. The van der Waals surface area contributed by atoms with Crippen molar-refractivity contribution in [2.45, 2.75) is 62.5 Å². The number of hydrogen-bond acceptors (Lipinski definition) is 10. The molecule has 15 nitrogen and oxygen atoms in total. The summed E-state index contributed by atoms with van der Waals surface area (Å²) in [5.74, 6) is -0.813. The summed E-state index contributed by atoms with van der Waals surface area (Å²) in [7, 11) is -2.73. The van der Waals surface area contributed by atoms with Crippen molar-refractivity contribution in [2.75, 3.05) is 46.5 Å². The van der Waals surface area contributed by atoms with Gasteiger partial charge in [0.25, 0.3) is 0 Å². The number of nitrogens with one attached hydrogen (secondary N) is 3. The summed E-state index contributed by atoms with van der Waals surface area (Å²) in [5.41, 5.74) is 0.0700. The van der Waals surface area contributed by atoms with E-state index in [1.54, 1.807) is 0 Å². The van der Waals surface area contributed by atoms with E-state index in [0.29, 0.717) is 25.2 Å². The highest BCUT2D eigenvalue weighted by Gasteiger charge is 2.44. The highest BCUT2D eigenvalue weighted by molar-refractivity contribution is 7.89. The first-order valence-corrected chi connectivity index (χ1v) is 17.5. The molecule has 49 heavy (non-hydrogen) atoms. The van der Waals surface area contributed by atoms with Gasteiger partial charge in [-0.25, -0.2) is 18.0 Å². The van der Waals surface area contributed by atoms with Crippen LogP contribution in [-0.4, -0.2) is 112 Å². The lowest BCUT2D eigenvalue weighted by Crippen LogP contribution is -2.52. The molecule has 2 heterocycles. The Morgan fingerprint density at radius 1 is 1.06 bits per heavy atom. The van der Waals surface area contributed by atoms with Crippen molar-refractivity contribution in [3.8, 4) is 5.75 Å². The second-order valence-electron chi connectivity index (χ2n) is 12.9. The first kappa shape index (κ1) is 37.9. The fourth-order valence-corrected chi connectivity index (χ4v) is 7.44. The molecule has 16 heteroatoms. The third-order valence-corrected chi connectivity index (χ3v) is 10.3. The number of aliphatic carboxylic acids is 1. The molecule has 3 amide bonds. The monoisotopic (exact) mass is 706 g/mol. The molecule has 2 aliphatic rings. The quantitative estimate of drug-likeness (QED) is 0.161. The van der Waals surface area contributed by atoms with Gasteiger partial charge in [-0.1, -0.05) is 44.2 Å². The molecule has 270 valence electrons. The lowest BCUT2D eigenvalue weighted by molar-refractivity contribution is -0.135. The number of fused-ring (bicyclic) bond motifs is 1. The van der Waals surface area contributed by atoms with Gasteiger partial charge in [0.1, 0.15) is 18.4 Å².